The van der Waals surface area contributed by atoms with E-state index >= 15 is 0 Å². The van der Waals surface area contributed by atoms with Crippen LogP contribution in [0.25, 0.3) is 22.4 Å². The summed E-state index contributed by atoms with van der Waals surface area (Å²) in [6.07, 6.45) is 1.19. The van der Waals surface area contributed by atoms with Crippen LogP contribution < -0.4 is 5.14 Å². The molecule has 11 heteroatoms. The average molecular weight is 491 g/mol. The molecule has 4 rings (SSSR count). The smallest absolute Gasteiger partial charge is 0.239 e. The maximum Gasteiger partial charge on any atom is 0.239 e. The zero-order chi connectivity index (χ0) is 23.1. The number of ketones is 1. The molecule has 0 saturated carbocycles. The number of fused-ring (bicyclic) bond motifs is 1. The fourth-order valence-electron chi connectivity index (χ4n) is 3.15. The van der Waals surface area contributed by atoms with Crippen molar-refractivity contribution >= 4 is 48.2 Å². The molecular formula is C21H15ClN2O6S2. The maximum atomic E-state index is 12.7. The molecule has 0 radical (unpaired) electrons. The molecular weight excluding hydrogens is 476 g/mol. The number of sulfone groups is 1. The van der Waals surface area contributed by atoms with E-state index in [1.165, 1.54) is 24.4 Å². The second kappa shape index (κ2) is 8.14. The van der Waals surface area contributed by atoms with Crippen LogP contribution in [0, 0.1) is 0 Å². The van der Waals surface area contributed by atoms with E-state index in [9.17, 15) is 21.6 Å². The van der Waals surface area contributed by atoms with E-state index in [4.69, 9.17) is 21.2 Å². The number of hydrogen-bond donors (Lipinski definition) is 1. The van der Waals surface area contributed by atoms with Gasteiger partial charge in [-0.25, -0.2) is 22.0 Å². The number of pyridine rings is 1. The number of furan rings is 1. The minimum atomic E-state index is -4.31. The van der Waals surface area contributed by atoms with Gasteiger partial charge in [0.05, 0.1) is 9.92 Å². The zero-order valence-electron chi connectivity index (χ0n) is 16.2. The van der Waals surface area contributed by atoms with Crippen LogP contribution in [-0.2, 0) is 19.9 Å². The molecule has 0 aliphatic heterocycles. The van der Waals surface area contributed by atoms with E-state index in [2.05, 4.69) is 4.98 Å². The number of aromatic nitrogens is 1. The number of carbonyl (C=O) groups is 1. The lowest BCUT2D eigenvalue weighted by atomic mass is 10.1. The normalized spacial score (nSPS) is 12.2. The van der Waals surface area contributed by atoms with Gasteiger partial charge in [0.15, 0.2) is 21.4 Å². The van der Waals surface area contributed by atoms with Crippen molar-refractivity contribution in [3.63, 3.8) is 0 Å². The summed E-state index contributed by atoms with van der Waals surface area (Å²) in [4.78, 5) is 15.7. The Labute approximate surface area is 188 Å². The number of rotatable bonds is 6. The van der Waals surface area contributed by atoms with Gasteiger partial charge in [-0.1, -0.05) is 41.9 Å². The average Bonchev–Trinajstić information content (AvgIpc) is 3.16. The van der Waals surface area contributed by atoms with Crippen molar-refractivity contribution in [2.24, 2.45) is 5.14 Å². The van der Waals surface area contributed by atoms with Crippen LogP contribution in [0.5, 0.6) is 0 Å². The minimum absolute atomic E-state index is 0.0495. The predicted octanol–water partition coefficient (Wildman–Crippen LogP) is 3.45. The van der Waals surface area contributed by atoms with Crippen LogP contribution in [0.1, 0.15) is 10.4 Å². The van der Waals surface area contributed by atoms with E-state index in [-0.39, 0.29) is 10.6 Å². The Kier molecular flexibility index (Phi) is 5.63. The van der Waals surface area contributed by atoms with E-state index in [1.807, 2.05) is 18.2 Å². The monoisotopic (exact) mass is 490 g/mol. The molecule has 0 saturated heterocycles. The number of benzene rings is 2. The third-order valence-corrected chi connectivity index (χ3v) is 7.69. The lowest BCUT2D eigenvalue weighted by Gasteiger charge is -2.09. The summed E-state index contributed by atoms with van der Waals surface area (Å²) in [6.45, 7) is 0. The Hall–Kier alpha value is -3.05. The second-order valence-electron chi connectivity index (χ2n) is 6.88. The first-order valence-corrected chi connectivity index (χ1v) is 12.7. The highest BCUT2D eigenvalue weighted by atomic mass is 35.5. The van der Waals surface area contributed by atoms with E-state index < -0.39 is 41.2 Å². The Morgan fingerprint density at radius 1 is 0.969 bits per heavy atom. The van der Waals surface area contributed by atoms with Gasteiger partial charge in [-0.05, 0) is 30.3 Å². The number of halogens is 1. The lowest BCUT2D eigenvalue weighted by molar-refractivity contribution is 0.102. The highest BCUT2D eigenvalue weighted by Crippen LogP contribution is 2.31. The molecule has 2 heterocycles. The number of primary sulfonamides is 1. The summed E-state index contributed by atoms with van der Waals surface area (Å²) in [5.74, 6) is -1.40. The number of hydrogen-bond acceptors (Lipinski definition) is 7. The summed E-state index contributed by atoms with van der Waals surface area (Å²) in [7, 11) is -8.62. The number of nitrogens with two attached hydrogens (primary N) is 1. The molecule has 0 aliphatic rings. The lowest BCUT2D eigenvalue weighted by Crippen LogP contribution is -2.21. The third-order valence-electron chi connectivity index (χ3n) is 4.63. The molecule has 8 nitrogen and oxygen atoms in total. The van der Waals surface area contributed by atoms with Crippen LogP contribution in [0.4, 0.5) is 0 Å². The molecule has 2 aromatic heterocycles. The van der Waals surface area contributed by atoms with Crippen molar-refractivity contribution in [1.82, 2.24) is 4.98 Å². The molecule has 32 heavy (non-hydrogen) atoms. The summed E-state index contributed by atoms with van der Waals surface area (Å²) in [6, 6.07) is 15.2. The molecule has 2 aromatic carbocycles. The van der Waals surface area contributed by atoms with Gasteiger partial charge in [-0.2, -0.15) is 0 Å². The van der Waals surface area contributed by atoms with Crippen molar-refractivity contribution < 1.29 is 26.0 Å². The summed E-state index contributed by atoms with van der Waals surface area (Å²) in [5, 5.41) is 6.04. The van der Waals surface area contributed by atoms with Crippen LogP contribution in [0.3, 0.4) is 0 Å². The molecule has 0 unspecified atom stereocenters. The zero-order valence-corrected chi connectivity index (χ0v) is 18.6. The van der Waals surface area contributed by atoms with E-state index in [1.54, 1.807) is 12.1 Å². The van der Waals surface area contributed by atoms with Gasteiger partial charge in [0.1, 0.15) is 21.9 Å². The van der Waals surface area contributed by atoms with Gasteiger partial charge in [0, 0.05) is 17.1 Å². The largest absolute Gasteiger partial charge is 0.454 e. The van der Waals surface area contributed by atoms with Crippen molar-refractivity contribution in [3.05, 3.63) is 77.4 Å². The summed E-state index contributed by atoms with van der Waals surface area (Å²) in [5.41, 5.74) is 0.883. The quantitative estimate of drug-likeness (QED) is 0.408. The highest BCUT2D eigenvalue weighted by molar-refractivity contribution is 7.94. The van der Waals surface area contributed by atoms with Gasteiger partial charge in [-0.15, -0.1) is 0 Å². The first-order chi connectivity index (χ1) is 15.1. The number of Topliss-reactive ketones (excluding diaryl/α,β-unsaturated/α-hetero) is 1. The number of para-hydroxylation sites is 1. The molecule has 0 fully saturated rings. The third kappa shape index (κ3) is 4.30. The van der Waals surface area contributed by atoms with Gasteiger partial charge in [0.2, 0.25) is 10.0 Å². The summed E-state index contributed by atoms with van der Waals surface area (Å²) >= 11 is 6.29. The first kappa shape index (κ1) is 22.2. The SMILES string of the molecule is NS(=O)(=O)c1ccccc1S(=O)(=O)CC(=O)c1cnc(-c2cc3ccccc3o2)c(Cl)c1. The van der Waals surface area contributed by atoms with E-state index in [0.717, 1.165) is 17.5 Å². The predicted molar refractivity (Wildman–Crippen MR) is 119 cm³/mol. The summed E-state index contributed by atoms with van der Waals surface area (Å²) < 4.78 is 54.7. The molecule has 0 spiro atoms. The standard InChI is InChI=1S/C21H15ClN2O6S2/c22-15-9-14(11-24-21(15)18-10-13-5-1-2-6-17(13)30-18)16(25)12-31(26,27)19-7-3-4-8-20(19)32(23,28)29/h1-11H,12H2,(H2,23,28,29). The molecule has 4 aromatic rings. The van der Waals surface area contributed by atoms with Crippen LogP contribution in [-0.4, -0.2) is 33.4 Å². The number of carbonyl (C=O) groups excluding carboxylic acids is 1. The number of nitrogens with zero attached hydrogens (tertiary/aromatic N) is 1. The topological polar surface area (TPSA) is 137 Å². The molecule has 164 valence electrons. The molecule has 0 aliphatic carbocycles. The Morgan fingerprint density at radius 2 is 1.62 bits per heavy atom. The number of sulfonamides is 1. The fourth-order valence-corrected chi connectivity index (χ4v) is 6.08. The van der Waals surface area contributed by atoms with Gasteiger partial charge >= 0.3 is 0 Å². The molecule has 2 N–H and O–H groups in total. The van der Waals surface area contributed by atoms with Crippen LogP contribution in [0.15, 0.2) is 81.1 Å². The van der Waals surface area contributed by atoms with Crippen molar-refractivity contribution in [2.45, 2.75) is 9.79 Å². The Bertz CT molecular complexity index is 1540. The molecule has 0 amide bonds. The van der Waals surface area contributed by atoms with Gasteiger partial charge in [-0.3, -0.25) is 9.78 Å². The van der Waals surface area contributed by atoms with Gasteiger partial charge in [0.25, 0.3) is 0 Å². The van der Waals surface area contributed by atoms with Crippen LogP contribution in [0.2, 0.25) is 5.02 Å². The Balaban J connectivity index is 1.64. The van der Waals surface area contributed by atoms with Crippen LogP contribution >= 0.6 is 11.6 Å². The molecule has 0 atom stereocenters. The van der Waals surface area contributed by atoms with Crippen molar-refractivity contribution in [3.8, 4) is 11.5 Å². The van der Waals surface area contributed by atoms with Gasteiger partial charge < -0.3 is 4.42 Å². The maximum absolute atomic E-state index is 12.7. The second-order valence-corrected chi connectivity index (χ2v) is 10.8. The van der Waals surface area contributed by atoms with Crippen molar-refractivity contribution in [2.75, 3.05) is 5.75 Å². The minimum Gasteiger partial charge on any atom is -0.454 e. The Morgan fingerprint density at radius 3 is 2.28 bits per heavy atom. The fraction of sp³-hybridized carbons (Fsp3) is 0.0476. The van der Waals surface area contributed by atoms with Crippen molar-refractivity contribution in [1.29, 1.82) is 0 Å². The molecule has 0 bridgehead atoms. The first-order valence-electron chi connectivity index (χ1n) is 9.08. The highest BCUT2D eigenvalue weighted by Gasteiger charge is 2.27. The van der Waals surface area contributed by atoms with E-state index in [0.29, 0.717) is 17.0 Å².